The van der Waals surface area contributed by atoms with E-state index in [-0.39, 0.29) is 6.61 Å². The third-order valence-corrected chi connectivity index (χ3v) is 4.98. The highest BCUT2D eigenvalue weighted by molar-refractivity contribution is 7.99. The quantitative estimate of drug-likeness (QED) is 0.872. The summed E-state index contributed by atoms with van der Waals surface area (Å²) in [6.07, 6.45) is 5.60. The van der Waals surface area contributed by atoms with Gasteiger partial charge in [0.15, 0.2) is 0 Å². The summed E-state index contributed by atoms with van der Waals surface area (Å²) in [6, 6.07) is 8.34. The second kappa shape index (κ2) is 6.46. The monoisotopic (exact) mass is 250 g/mol. The smallest absolute Gasteiger partial charge is 0.0681 e. The van der Waals surface area contributed by atoms with Gasteiger partial charge in [0.2, 0.25) is 0 Å². The van der Waals surface area contributed by atoms with Crippen LogP contribution in [-0.4, -0.2) is 10.4 Å². The van der Waals surface area contributed by atoms with Crippen molar-refractivity contribution in [2.24, 2.45) is 5.92 Å². The van der Waals surface area contributed by atoms with Gasteiger partial charge in [-0.2, -0.15) is 11.8 Å². The van der Waals surface area contributed by atoms with Gasteiger partial charge in [-0.3, -0.25) is 0 Å². The SMILES string of the molecule is CC1CCCC(SCc2ccc(CO)cc2)C1. The Morgan fingerprint density at radius 3 is 2.53 bits per heavy atom. The summed E-state index contributed by atoms with van der Waals surface area (Å²) in [6.45, 7) is 2.52. The highest BCUT2D eigenvalue weighted by Gasteiger charge is 2.18. The molecule has 0 saturated heterocycles. The topological polar surface area (TPSA) is 20.2 Å². The van der Waals surface area contributed by atoms with Crippen LogP contribution in [0.2, 0.25) is 0 Å². The van der Waals surface area contributed by atoms with Gasteiger partial charge in [-0.1, -0.05) is 44.0 Å². The zero-order chi connectivity index (χ0) is 12.1. The highest BCUT2D eigenvalue weighted by Crippen LogP contribution is 2.33. The van der Waals surface area contributed by atoms with Crippen molar-refractivity contribution in [3.63, 3.8) is 0 Å². The first kappa shape index (κ1) is 13.0. The summed E-state index contributed by atoms with van der Waals surface area (Å²) < 4.78 is 0. The molecule has 1 aromatic carbocycles. The number of benzene rings is 1. The molecule has 2 unspecified atom stereocenters. The summed E-state index contributed by atoms with van der Waals surface area (Å²) in [7, 11) is 0. The molecule has 2 heteroatoms. The Hall–Kier alpha value is -0.470. The maximum absolute atomic E-state index is 8.99. The molecule has 0 bridgehead atoms. The molecule has 0 spiro atoms. The van der Waals surface area contributed by atoms with E-state index in [0.717, 1.165) is 22.5 Å². The fraction of sp³-hybridized carbons (Fsp3) is 0.600. The Kier molecular flexibility index (Phi) is 4.93. The molecule has 0 heterocycles. The van der Waals surface area contributed by atoms with E-state index in [9.17, 15) is 0 Å². The normalized spacial score (nSPS) is 24.8. The van der Waals surface area contributed by atoms with Crippen LogP contribution < -0.4 is 0 Å². The molecular formula is C15H22OS. The van der Waals surface area contributed by atoms with Crippen LogP contribution in [0.15, 0.2) is 24.3 Å². The lowest BCUT2D eigenvalue weighted by atomic mass is 9.91. The van der Waals surface area contributed by atoms with Gasteiger partial charge in [0.1, 0.15) is 0 Å². The van der Waals surface area contributed by atoms with E-state index in [2.05, 4.69) is 30.8 Å². The van der Waals surface area contributed by atoms with Crippen molar-refractivity contribution in [3.05, 3.63) is 35.4 Å². The molecule has 1 aromatic rings. The molecule has 1 aliphatic rings. The molecular weight excluding hydrogens is 228 g/mol. The first-order valence-electron chi connectivity index (χ1n) is 6.58. The summed E-state index contributed by atoms with van der Waals surface area (Å²) >= 11 is 2.11. The Balaban J connectivity index is 1.80. The van der Waals surface area contributed by atoms with Crippen molar-refractivity contribution in [2.75, 3.05) is 0 Å². The molecule has 2 atom stereocenters. The molecule has 2 rings (SSSR count). The summed E-state index contributed by atoms with van der Waals surface area (Å²) in [5.74, 6) is 2.03. The summed E-state index contributed by atoms with van der Waals surface area (Å²) in [4.78, 5) is 0. The van der Waals surface area contributed by atoms with Crippen molar-refractivity contribution in [3.8, 4) is 0 Å². The second-order valence-electron chi connectivity index (χ2n) is 5.18. The van der Waals surface area contributed by atoms with Crippen LogP contribution in [0.3, 0.4) is 0 Å². The van der Waals surface area contributed by atoms with E-state index in [1.54, 1.807) is 0 Å². The van der Waals surface area contributed by atoms with Gasteiger partial charge in [0.25, 0.3) is 0 Å². The third-order valence-electron chi connectivity index (χ3n) is 3.58. The molecule has 1 aliphatic carbocycles. The van der Waals surface area contributed by atoms with Crippen molar-refractivity contribution >= 4 is 11.8 Å². The third kappa shape index (κ3) is 4.04. The first-order chi connectivity index (χ1) is 8.28. The molecule has 0 aliphatic heterocycles. The van der Waals surface area contributed by atoms with Gasteiger partial charge in [-0.25, -0.2) is 0 Å². The minimum Gasteiger partial charge on any atom is -0.392 e. The molecule has 1 nitrogen and oxygen atoms in total. The number of aliphatic hydroxyl groups is 1. The Morgan fingerprint density at radius 2 is 1.88 bits per heavy atom. The van der Waals surface area contributed by atoms with Gasteiger partial charge < -0.3 is 5.11 Å². The lowest BCUT2D eigenvalue weighted by Crippen LogP contribution is -2.15. The van der Waals surface area contributed by atoms with E-state index in [0.29, 0.717) is 0 Å². The summed E-state index contributed by atoms with van der Waals surface area (Å²) in [5, 5.41) is 9.84. The average molecular weight is 250 g/mol. The lowest BCUT2D eigenvalue weighted by Gasteiger charge is -2.26. The molecule has 0 aromatic heterocycles. The minimum atomic E-state index is 0.146. The fourth-order valence-corrected chi connectivity index (χ4v) is 3.90. The zero-order valence-electron chi connectivity index (χ0n) is 10.6. The molecule has 17 heavy (non-hydrogen) atoms. The van der Waals surface area contributed by atoms with Crippen molar-refractivity contribution in [2.45, 2.75) is 50.2 Å². The van der Waals surface area contributed by atoms with Gasteiger partial charge in [-0.15, -0.1) is 0 Å². The number of aliphatic hydroxyl groups excluding tert-OH is 1. The Bertz CT molecular complexity index is 333. The number of hydrogen-bond donors (Lipinski definition) is 1. The van der Waals surface area contributed by atoms with Crippen LogP contribution in [0.1, 0.15) is 43.7 Å². The molecule has 1 saturated carbocycles. The van der Waals surface area contributed by atoms with E-state index in [1.165, 1.54) is 31.2 Å². The number of thioether (sulfide) groups is 1. The van der Waals surface area contributed by atoms with Gasteiger partial charge in [0.05, 0.1) is 6.61 Å². The highest BCUT2D eigenvalue weighted by atomic mass is 32.2. The molecule has 1 fully saturated rings. The molecule has 94 valence electrons. The Labute approximate surface area is 109 Å². The lowest BCUT2D eigenvalue weighted by molar-refractivity contribution is 0.282. The first-order valence-corrected chi connectivity index (χ1v) is 7.63. The van der Waals surface area contributed by atoms with E-state index < -0.39 is 0 Å². The zero-order valence-corrected chi connectivity index (χ0v) is 11.4. The van der Waals surface area contributed by atoms with Crippen LogP contribution in [-0.2, 0) is 12.4 Å². The van der Waals surface area contributed by atoms with Crippen molar-refractivity contribution in [1.29, 1.82) is 0 Å². The van der Waals surface area contributed by atoms with Crippen LogP contribution in [0.4, 0.5) is 0 Å². The van der Waals surface area contributed by atoms with Crippen LogP contribution in [0.25, 0.3) is 0 Å². The molecule has 0 amide bonds. The standard InChI is InChI=1S/C15H22OS/c1-12-3-2-4-15(9-12)17-11-14-7-5-13(10-16)6-8-14/h5-8,12,15-16H,2-4,9-11H2,1H3. The van der Waals surface area contributed by atoms with Crippen LogP contribution >= 0.6 is 11.8 Å². The minimum absolute atomic E-state index is 0.146. The van der Waals surface area contributed by atoms with Gasteiger partial charge in [0, 0.05) is 11.0 Å². The predicted octanol–water partition coefficient (Wildman–Crippen LogP) is 3.99. The fourth-order valence-electron chi connectivity index (χ4n) is 2.48. The molecule has 0 radical (unpaired) electrons. The second-order valence-corrected chi connectivity index (χ2v) is 6.47. The maximum Gasteiger partial charge on any atom is 0.0681 e. The summed E-state index contributed by atoms with van der Waals surface area (Å²) in [5.41, 5.74) is 2.38. The largest absolute Gasteiger partial charge is 0.392 e. The van der Waals surface area contributed by atoms with Gasteiger partial charge in [-0.05, 0) is 29.9 Å². The van der Waals surface area contributed by atoms with Crippen molar-refractivity contribution in [1.82, 2.24) is 0 Å². The predicted molar refractivity (Wildman–Crippen MR) is 75.1 cm³/mol. The number of rotatable bonds is 4. The van der Waals surface area contributed by atoms with E-state index in [4.69, 9.17) is 5.11 Å². The maximum atomic E-state index is 8.99. The number of hydrogen-bond acceptors (Lipinski definition) is 2. The van der Waals surface area contributed by atoms with Crippen molar-refractivity contribution < 1.29 is 5.11 Å². The van der Waals surface area contributed by atoms with Crippen LogP contribution in [0.5, 0.6) is 0 Å². The van der Waals surface area contributed by atoms with Gasteiger partial charge >= 0.3 is 0 Å². The molecule has 1 N–H and O–H groups in total. The average Bonchev–Trinajstić information content (AvgIpc) is 2.37. The van der Waals surface area contributed by atoms with E-state index >= 15 is 0 Å². The Morgan fingerprint density at radius 1 is 1.18 bits per heavy atom. The van der Waals surface area contributed by atoms with E-state index in [1.807, 2.05) is 12.1 Å². The van der Waals surface area contributed by atoms with Crippen LogP contribution in [0, 0.1) is 5.92 Å².